The van der Waals surface area contributed by atoms with Crippen molar-refractivity contribution in [1.82, 2.24) is 15.5 Å². The highest BCUT2D eigenvalue weighted by Crippen LogP contribution is 2.30. The molecule has 1 heterocycles. The second kappa shape index (κ2) is 8.54. The van der Waals surface area contributed by atoms with Gasteiger partial charge in [0.1, 0.15) is 0 Å². The minimum Gasteiger partial charge on any atom is -0.394 e. The van der Waals surface area contributed by atoms with Crippen LogP contribution in [0.5, 0.6) is 0 Å². The molecule has 0 radical (unpaired) electrons. The molecule has 1 aliphatic heterocycles. The first-order valence-corrected chi connectivity index (χ1v) is 9.35. The van der Waals surface area contributed by atoms with Crippen LogP contribution in [0.1, 0.15) is 25.3 Å². The van der Waals surface area contributed by atoms with Crippen molar-refractivity contribution in [2.45, 2.75) is 32.4 Å². The highest BCUT2D eigenvalue weighted by molar-refractivity contribution is 5.74. The Kier molecular flexibility index (Phi) is 6.15. The second-order valence-electron chi connectivity index (χ2n) is 7.31. The summed E-state index contributed by atoms with van der Waals surface area (Å²) in [6.07, 6.45) is 2.85. The molecule has 1 aliphatic carbocycles. The quantitative estimate of drug-likeness (QED) is 0.698. The molecule has 0 unspecified atom stereocenters. The van der Waals surface area contributed by atoms with Gasteiger partial charge in [-0.25, -0.2) is 4.79 Å². The van der Waals surface area contributed by atoms with E-state index < -0.39 is 0 Å². The van der Waals surface area contributed by atoms with Crippen molar-refractivity contribution in [3.63, 3.8) is 0 Å². The zero-order valence-corrected chi connectivity index (χ0v) is 15.1. The van der Waals surface area contributed by atoms with E-state index in [1.54, 1.807) is 6.92 Å². The SMILES string of the molecule is C[C@@H](CO)NC(=O)NCc1ccc(N2CCN(CC3CC3)CC2)cc1. The fourth-order valence-corrected chi connectivity index (χ4v) is 3.18. The summed E-state index contributed by atoms with van der Waals surface area (Å²) in [6.45, 7) is 7.97. The molecule has 6 heteroatoms. The van der Waals surface area contributed by atoms with Gasteiger partial charge in [0.05, 0.1) is 12.6 Å². The molecule has 1 aromatic carbocycles. The molecule has 1 aromatic rings. The Hall–Kier alpha value is -1.79. The number of piperazine rings is 1. The lowest BCUT2D eigenvalue weighted by Crippen LogP contribution is -2.47. The van der Waals surface area contributed by atoms with Gasteiger partial charge < -0.3 is 20.6 Å². The summed E-state index contributed by atoms with van der Waals surface area (Å²) in [4.78, 5) is 16.7. The number of anilines is 1. The van der Waals surface area contributed by atoms with Gasteiger partial charge in [-0.05, 0) is 43.4 Å². The summed E-state index contributed by atoms with van der Waals surface area (Å²) < 4.78 is 0. The molecule has 1 saturated heterocycles. The average Bonchev–Trinajstić information content (AvgIpc) is 3.45. The van der Waals surface area contributed by atoms with E-state index in [9.17, 15) is 4.79 Å². The normalized spacial score (nSPS) is 19.5. The highest BCUT2D eigenvalue weighted by Gasteiger charge is 2.26. The number of nitrogens with zero attached hydrogens (tertiary/aromatic N) is 2. The zero-order chi connectivity index (χ0) is 17.6. The summed E-state index contributed by atoms with van der Waals surface area (Å²) in [7, 11) is 0. The third-order valence-electron chi connectivity index (χ3n) is 4.99. The third kappa shape index (κ3) is 5.61. The molecule has 138 valence electrons. The Bertz CT molecular complexity index is 551. The maximum absolute atomic E-state index is 11.7. The number of nitrogens with one attached hydrogen (secondary N) is 2. The topological polar surface area (TPSA) is 67.8 Å². The summed E-state index contributed by atoms with van der Waals surface area (Å²) in [6, 6.07) is 7.94. The van der Waals surface area contributed by atoms with Crippen molar-refractivity contribution in [2.24, 2.45) is 5.92 Å². The van der Waals surface area contributed by atoms with Crippen LogP contribution >= 0.6 is 0 Å². The van der Waals surface area contributed by atoms with E-state index in [0.717, 1.165) is 37.7 Å². The van der Waals surface area contributed by atoms with Crippen LogP contribution in [0, 0.1) is 5.92 Å². The predicted octanol–water partition coefficient (Wildman–Crippen LogP) is 1.40. The number of carbonyl (C=O) groups excluding carboxylic acids is 1. The molecular weight excluding hydrogens is 316 g/mol. The van der Waals surface area contributed by atoms with Crippen LogP contribution in [0.2, 0.25) is 0 Å². The lowest BCUT2D eigenvalue weighted by molar-refractivity contribution is 0.220. The van der Waals surface area contributed by atoms with Gasteiger partial charge in [-0.3, -0.25) is 4.90 Å². The van der Waals surface area contributed by atoms with Gasteiger partial charge in [-0.1, -0.05) is 12.1 Å². The molecule has 0 bridgehead atoms. The van der Waals surface area contributed by atoms with E-state index in [1.807, 2.05) is 0 Å². The molecule has 0 spiro atoms. The van der Waals surface area contributed by atoms with Crippen LogP contribution in [0.25, 0.3) is 0 Å². The molecule has 1 atom stereocenters. The minimum absolute atomic E-state index is 0.0595. The summed E-state index contributed by atoms with van der Waals surface area (Å²) >= 11 is 0. The number of carbonyl (C=O) groups is 1. The lowest BCUT2D eigenvalue weighted by Gasteiger charge is -2.36. The van der Waals surface area contributed by atoms with Crippen molar-refractivity contribution in [2.75, 3.05) is 44.2 Å². The van der Waals surface area contributed by atoms with Crippen molar-refractivity contribution < 1.29 is 9.90 Å². The van der Waals surface area contributed by atoms with E-state index >= 15 is 0 Å². The number of urea groups is 1. The Labute approximate surface area is 150 Å². The Morgan fingerprint density at radius 2 is 1.88 bits per heavy atom. The van der Waals surface area contributed by atoms with Gasteiger partial charge in [-0.2, -0.15) is 0 Å². The lowest BCUT2D eigenvalue weighted by atomic mass is 10.1. The molecule has 6 nitrogen and oxygen atoms in total. The van der Waals surface area contributed by atoms with E-state index in [1.165, 1.54) is 25.1 Å². The summed E-state index contributed by atoms with van der Waals surface area (Å²) in [5.41, 5.74) is 2.33. The van der Waals surface area contributed by atoms with E-state index in [0.29, 0.717) is 6.54 Å². The fraction of sp³-hybridized carbons (Fsp3) is 0.632. The third-order valence-corrected chi connectivity index (χ3v) is 4.99. The van der Waals surface area contributed by atoms with Crippen LogP contribution in [0.3, 0.4) is 0 Å². The largest absolute Gasteiger partial charge is 0.394 e. The first kappa shape index (κ1) is 18.0. The standard InChI is InChI=1S/C19H30N4O2/c1-15(14-24)21-19(25)20-12-16-4-6-18(7-5-16)23-10-8-22(9-11-23)13-17-2-3-17/h4-7,15,17,24H,2-3,8-14H2,1H3,(H2,20,21,25)/t15-/m0/s1. The smallest absolute Gasteiger partial charge is 0.315 e. The fourth-order valence-electron chi connectivity index (χ4n) is 3.18. The Balaban J connectivity index is 1.42. The number of hydrogen-bond acceptors (Lipinski definition) is 4. The van der Waals surface area contributed by atoms with Crippen LogP contribution < -0.4 is 15.5 Å². The molecule has 2 aliphatic rings. The Morgan fingerprint density at radius 3 is 2.48 bits per heavy atom. The van der Waals surface area contributed by atoms with Gasteiger partial charge in [-0.15, -0.1) is 0 Å². The molecular formula is C19H30N4O2. The van der Waals surface area contributed by atoms with Gasteiger partial charge in [0.2, 0.25) is 0 Å². The highest BCUT2D eigenvalue weighted by atomic mass is 16.3. The van der Waals surface area contributed by atoms with Gasteiger partial charge in [0.25, 0.3) is 0 Å². The minimum atomic E-state index is -0.252. The second-order valence-corrected chi connectivity index (χ2v) is 7.31. The molecule has 0 aromatic heterocycles. The number of rotatable bonds is 7. The van der Waals surface area contributed by atoms with Gasteiger partial charge >= 0.3 is 6.03 Å². The maximum Gasteiger partial charge on any atom is 0.315 e. The van der Waals surface area contributed by atoms with Crippen LogP contribution in [-0.2, 0) is 6.54 Å². The van der Waals surface area contributed by atoms with Crippen LogP contribution in [0.4, 0.5) is 10.5 Å². The van der Waals surface area contributed by atoms with E-state index in [2.05, 4.69) is 44.7 Å². The molecule has 25 heavy (non-hydrogen) atoms. The van der Waals surface area contributed by atoms with Crippen LogP contribution in [-0.4, -0.2) is 61.4 Å². The first-order chi connectivity index (χ1) is 12.1. The Morgan fingerprint density at radius 1 is 1.20 bits per heavy atom. The van der Waals surface area contributed by atoms with Crippen LogP contribution in [0.15, 0.2) is 24.3 Å². The van der Waals surface area contributed by atoms with Gasteiger partial charge in [0.15, 0.2) is 0 Å². The molecule has 1 saturated carbocycles. The molecule has 3 N–H and O–H groups in total. The summed E-state index contributed by atoms with van der Waals surface area (Å²) in [5, 5.41) is 14.4. The maximum atomic E-state index is 11.7. The summed E-state index contributed by atoms with van der Waals surface area (Å²) in [5.74, 6) is 0.968. The predicted molar refractivity (Wildman–Crippen MR) is 99.7 cm³/mol. The monoisotopic (exact) mass is 346 g/mol. The van der Waals surface area contributed by atoms with E-state index in [4.69, 9.17) is 5.11 Å². The number of benzene rings is 1. The van der Waals surface area contributed by atoms with Crippen molar-refractivity contribution in [3.8, 4) is 0 Å². The number of amides is 2. The number of hydrogen-bond donors (Lipinski definition) is 3. The number of aliphatic hydroxyl groups excluding tert-OH is 1. The molecule has 3 rings (SSSR count). The zero-order valence-electron chi connectivity index (χ0n) is 15.1. The van der Waals surface area contributed by atoms with Crippen molar-refractivity contribution in [1.29, 1.82) is 0 Å². The average molecular weight is 346 g/mol. The van der Waals surface area contributed by atoms with Crippen molar-refractivity contribution in [3.05, 3.63) is 29.8 Å². The molecule has 2 fully saturated rings. The molecule has 2 amide bonds. The van der Waals surface area contributed by atoms with Gasteiger partial charge in [0, 0.05) is 45.0 Å². The van der Waals surface area contributed by atoms with E-state index in [-0.39, 0.29) is 18.7 Å². The first-order valence-electron chi connectivity index (χ1n) is 9.35. The van der Waals surface area contributed by atoms with Crippen molar-refractivity contribution >= 4 is 11.7 Å². The number of aliphatic hydroxyl groups is 1.